The topological polar surface area (TPSA) is 59.2 Å². The summed E-state index contributed by atoms with van der Waals surface area (Å²) in [5, 5.41) is 13.6. The lowest BCUT2D eigenvalue weighted by molar-refractivity contribution is 0.153. The van der Waals surface area contributed by atoms with Gasteiger partial charge in [0, 0.05) is 14.5 Å². The molecule has 2 rings (SSSR count). The van der Waals surface area contributed by atoms with Crippen molar-refractivity contribution in [2.75, 3.05) is 0 Å². The molecule has 0 aliphatic heterocycles. The van der Waals surface area contributed by atoms with Crippen LogP contribution in [0, 0.1) is 0 Å². The quantitative estimate of drug-likeness (QED) is 0.873. The maximum Gasteiger partial charge on any atom is 0.258 e. The van der Waals surface area contributed by atoms with E-state index < -0.39 is 6.10 Å². The summed E-state index contributed by atoms with van der Waals surface area (Å²) in [6, 6.07) is 5.69. The Kier molecular flexibility index (Phi) is 4.53. The molecule has 0 saturated carbocycles. The molecule has 0 amide bonds. The molecule has 1 aromatic carbocycles. The molecule has 0 bridgehead atoms. The van der Waals surface area contributed by atoms with Gasteiger partial charge in [-0.05, 0) is 24.6 Å². The Hall–Kier alpha value is -0.720. The van der Waals surface area contributed by atoms with Crippen LogP contribution < -0.4 is 0 Å². The first-order chi connectivity index (χ1) is 8.60. The zero-order valence-electron chi connectivity index (χ0n) is 9.73. The highest BCUT2D eigenvalue weighted by atomic mass is 79.9. The van der Waals surface area contributed by atoms with Crippen molar-refractivity contribution in [2.45, 2.75) is 25.9 Å². The van der Waals surface area contributed by atoms with Gasteiger partial charge in [-0.1, -0.05) is 50.4 Å². The van der Waals surface area contributed by atoms with Crippen LogP contribution in [0.5, 0.6) is 0 Å². The third kappa shape index (κ3) is 3.18. The van der Waals surface area contributed by atoms with Crippen LogP contribution in [0.15, 0.2) is 31.7 Å². The molecule has 1 N–H and O–H groups in total. The maximum atomic E-state index is 9.79. The zero-order valence-corrected chi connectivity index (χ0v) is 12.9. The van der Waals surface area contributed by atoms with E-state index in [1.807, 2.05) is 25.1 Å². The van der Waals surface area contributed by atoms with Gasteiger partial charge in [0.15, 0.2) is 0 Å². The van der Waals surface area contributed by atoms with Crippen molar-refractivity contribution in [1.82, 2.24) is 10.1 Å². The van der Waals surface area contributed by atoms with Crippen molar-refractivity contribution in [3.8, 4) is 11.5 Å². The molecular formula is C12H12Br2N2O2. The number of halogens is 2. The highest BCUT2D eigenvalue weighted by molar-refractivity contribution is 9.11. The Morgan fingerprint density at radius 2 is 1.94 bits per heavy atom. The second kappa shape index (κ2) is 5.95. The van der Waals surface area contributed by atoms with Crippen molar-refractivity contribution < 1.29 is 9.63 Å². The van der Waals surface area contributed by atoms with E-state index in [9.17, 15) is 5.11 Å². The van der Waals surface area contributed by atoms with Gasteiger partial charge in [0.1, 0.15) is 6.10 Å². The molecule has 0 aliphatic rings. The molecule has 1 unspecified atom stereocenters. The van der Waals surface area contributed by atoms with Crippen LogP contribution in [-0.2, 0) is 0 Å². The summed E-state index contributed by atoms with van der Waals surface area (Å²) in [7, 11) is 0. The van der Waals surface area contributed by atoms with E-state index in [4.69, 9.17) is 4.52 Å². The minimum absolute atomic E-state index is 0.336. The molecule has 1 atom stereocenters. The lowest BCUT2D eigenvalue weighted by Crippen LogP contribution is -1.98. The summed E-state index contributed by atoms with van der Waals surface area (Å²) in [5.41, 5.74) is 0.804. The molecule has 0 saturated heterocycles. The Bertz CT molecular complexity index is 522. The number of rotatable bonds is 4. The van der Waals surface area contributed by atoms with Gasteiger partial charge in [-0.25, -0.2) is 0 Å². The van der Waals surface area contributed by atoms with E-state index in [1.165, 1.54) is 0 Å². The average Bonchev–Trinajstić information content (AvgIpc) is 2.77. The monoisotopic (exact) mass is 374 g/mol. The van der Waals surface area contributed by atoms with Crippen molar-refractivity contribution >= 4 is 31.9 Å². The van der Waals surface area contributed by atoms with Gasteiger partial charge >= 0.3 is 0 Å². The number of nitrogens with zero attached hydrogens (tertiary/aromatic N) is 2. The number of benzene rings is 1. The number of hydrogen-bond donors (Lipinski definition) is 1. The van der Waals surface area contributed by atoms with E-state index in [-0.39, 0.29) is 0 Å². The number of hydrogen-bond acceptors (Lipinski definition) is 4. The van der Waals surface area contributed by atoms with Gasteiger partial charge in [0.25, 0.3) is 5.89 Å². The predicted octanol–water partition coefficient (Wildman–Crippen LogP) is 4.10. The predicted molar refractivity (Wildman–Crippen MR) is 75.0 cm³/mol. The first-order valence-electron chi connectivity index (χ1n) is 5.58. The summed E-state index contributed by atoms with van der Waals surface area (Å²) in [4.78, 5) is 4.21. The van der Waals surface area contributed by atoms with Crippen LogP contribution in [0.4, 0.5) is 0 Å². The van der Waals surface area contributed by atoms with Crippen LogP contribution in [0.2, 0.25) is 0 Å². The molecule has 0 spiro atoms. The minimum Gasteiger partial charge on any atom is -0.385 e. The summed E-state index contributed by atoms with van der Waals surface area (Å²) >= 11 is 6.80. The van der Waals surface area contributed by atoms with Gasteiger partial charge in [-0.3, -0.25) is 0 Å². The lowest BCUT2D eigenvalue weighted by atomic mass is 10.2. The molecular weight excluding hydrogens is 364 g/mol. The molecule has 0 radical (unpaired) electrons. The second-order valence-electron chi connectivity index (χ2n) is 3.92. The first-order valence-corrected chi connectivity index (χ1v) is 7.17. The van der Waals surface area contributed by atoms with E-state index in [0.717, 1.165) is 20.9 Å². The second-order valence-corrected chi connectivity index (χ2v) is 5.75. The summed E-state index contributed by atoms with van der Waals surface area (Å²) in [5.74, 6) is 0.741. The van der Waals surface area contributed by atoms with E-state index in [0.29, 0.717) is 18.1 Å². The molecule has 4 nitrogen and oxygen atoms in total. The van der Waals surface area contributed by atoms with E-state index in [2.05, 4.69) is 42.0 Å². The molecule has 1 aromatic heterocycles. The Labute approximate surface area is 122 Å². The Balaban J connectivity index is 2.29. The summed E-state index contributed by atoms with van der Waals surface area (Å²) in [6.07, 6.45) is 0.831. The average molecular weight is 376 g/mol. The molecule has 96 valence electrons. The highest BCUT2D eigenvalue weighted by Gasteiger charge is 2.16. The lowest BCUT2D eigenvalue weighted by Gasteiger charge is -2.01. The van der Waals surface area contributed by atoms with E-state index in [1.54, 1.807) is 0 Å². The zero-order chi connectivity index (χ0) is 13.1. The summed E-state index contributed by atoms with van der Waals surface area (Å²) in [6.45, 7) is 2.00. The number of aromatic nitrogens is 2. The van der Waals surface area contributed by atoms with Gasteiger partial charge < -0.3 is 9.63 Å². The third-order valence-electron chi connectivity index (χ3n) is 2.41. The van der Waals surface area contributed by atoms with Crippen molar-refractivity contribution in [1.29, 1.82) is 0 Å². The number of aliphatic hydroxyl groups is 1. The van der Waals surface area contributed by atoms with Gasteiger partial charge in [-0.2, -0.15) is 4.98 Å². The van der Waals surface area contributed by atoms with E-state index >= 15 is 0 Å². The third-order valence-corrected chi connectivity index (χ3v) is 3.33. The largest absolute Gasteiger partial charge is 0.385 e. The van der Waals surface area contributed by atoms with Crippen LogP contribution >= 0.6 is 31.9 Å². The standard InChI is InChI=1S/C12H12Br2N2O2/c1-2-3-10(17)11-15-12(18-16-11)7-4-8(13)6-9(14)5-7/h4-6,10,17H,2-3H2,1H3. The highest BCUT2D eigenvalue weighted by Crippen LogP contribution is 2.27. The van der Waals surface area contributed by atoms with Gasteiger partial charge in [0.2, 0.25) is 5.82 Å². The van der Waals surface area contributed by atoms with Crippen molar-refractivity contribution in [3.05, 3.63) is 33.0 Å². The summed E-state index contributed by atoms with van der Waals surface area (Å²) < 4.78 is 7.00. The van der Waals surface area contributed by atoms with Gasteiger partial charge in [-0.15, -0.1) is 0 Å². The fraction of sp³-hybridized carbons (Fsp3) is 0.333. The van der Waals surface area contributed by atoms with Crippen molar-refractivity contribution in [2.24, 2.45) is 0 Å². The molecule has 0 aliphatic carbocycles. The fourth-order valence-corrected chi connectivity index (χ4v) is 2.86. The normalized spacial score (nSPS) is 12.7. The van der Waals surface area contributed by atoms with Gasteiger partial charge in [0.05, 0.1) is 0 Å². The van der Waals surface area contributed by atoms with Crippen LogP contribution in [-0.4, -0.2) is 15.2 Å². The van der Waals surface area contributed by atoms with Crippen molar-refractivity contribution in [3.63, 3.8) is 0 Å². The van der Waals surface area contributed by atoms with Crippen LogP contribution in [0.25, 0.3) is 11.5 Å². The molecule has 6 heteroatoms. The minimum atomic E-state index is -0.664. The molecule has 0 fully saturated rings. The molecule has 1 heterocycles. The Morgan fingerprint density at radius 1 is 1.28 bits per heavy atom. The van der Waals surface area contributed by atoms with Crippen LogP contribution in [0.3, 0.4) is 0 Å². The molecule has 18 heavy (non-hydrogen) atoms. The van der Waals surface area contributed by atoms with Crippen LogP contribution in [0.1, 0.15) is 31.7 Å². The maximum absolute atomic E-state index is 9.79. The number of aliphatic hydroxyl groups excluding tert-OH is 1. The molecule has 2 aromatic rings. The smallest absolute Gasteiger partial charge is 0.258 e. The first kappa shape index (κ1) is 13.7. The fourth-order valence-electron chi connectivity index (χ4n) is 1.57. The SMILES string of the molecule is CCCC(O)c1noc(-c2cc(Br)cc(Br)c2)n1. The Morgan fingerprint density at radius 3 is 2.56 bits per heavy atom.